The van der Waals surface area contributed by atoms with Crippen LogP contribution in [-0.2, 0) is 7.05 Å². The molecule has 1 aromatic carbocycles. The van der Waals surface area contributed by atoms with Crippen LogP contribution in [0.3, 0.4) is 0 Å². The molecule has 3 nitrogen and oxygen atoms in total. The van der Waals surface area contributed by atoms with Crippen LogP contribution in [0.15, 0.2) is 30.6 Å². The number of rotatable bonds is 2. The molecule has 84 valence electrons. The summed E-state index contributed by atoms with van der Waals surface area (Å²) < 4.78 is 14.7. The van der Waals surface area contributed by atoms with Gasteiger partial charge in [0.2, 0.25) is 0 Å². The maximum absolute atomic E-state index is 12.9. The minimum atomic E-state index is -0.819. The van der Waals surface area contributed by atoms with Gasteiger partial charge in [-0.15, -0.1) is 0 Å². The average Bonchev–Trinajstić information content (AvgIpc) is 2.63. The molecular weight excluding hydrogens is 207 g/mol. The lowest BCUT2D eigenvalue weighted by Crippen LogP contribution is -2.08. The second kappa shape index (κ2) is 4.06. The summed E-state index contributed by atoms with van der Waals surface area (Å²) in [7, 11) is 1.81. The number of aliphatic hydroxyl groups is 1. The molecule has 1 heterocycles. The van der Waals surface area contributed by atoms with Crippen LogP contribution in [0.2, 0.25) is 0 Å². The van der Waals surface area contributed by atoms with Crippen molar-refractivity contribution in [2.75, 3.05) is 0 Å². The predicted molar refractivity (Wildman–Crippen MR) is 58.4 cm³/mol. The summed E-state index contributed by atoms with van der Waals surface area (Å²) in [4.78, 5) is 4.07. The third kappa shape index (κ3) is 1.84. The Kier molecular flexibility index (Phi) is 2.75. The van der Waals surface area contributed by atoms with E-state index in [0.717, 1.165) is 5.56 Å². The maximum Gasteiger partial charge on any atom is 0.142 e. The van der Waals surface area contributed by atoms with Crippen molar-refractivity contribution in [1.29, 1.82) is 0 Å². The van der Waals surface area contributed by atoms with Gasteiger partial charge in [0, 0.05) is 19.4 Å². The molecule has 0 saturated carbocycles. The fraction of sp³-hybridized carbons (Fsp3) is 0.250. The van der Waals surface area contributed by atoms with E-state index in [-0.39, 0.29) is 5.82 Å². The van der Waals surface area contributed by atoms with Crippen molar-refractivity contribution >= 4 is 0 Å². The molecule has 1 N–H and O–H groups in total. The number of aliphatic hydroxyl groups excluding tert-OH is 1. The highest BCUT2D eigenvalue weighted by Crippen LogP contribution is 2.23. The number of nitrogens with zero attached hydrogens (tertiary/aromatic N) is 2. The minimum Gasteiger partial charge on any atom is -0.380 e. The van der Waals surface area contributed by atoms with Crippen LogP contribution in [0.25, 0.3) is 0 Å². The molecule has 16 heavy (non-hydrogen) atoms. The molecule has 0 bridgehead atoms. The molecule has 0 fully saturated rings. The van der Waals surface area contributed by atoms with Gasteiger partial charge in [0.05, 0.1) is 0 Å². The predicted octanol–water partition coefficient (Wildman–Crippen LogP) is 1.95. The zero-order valence-electron chi connectivity index (χ0n) is 9.18. The topological polar surface area (TPSA) is 38.1 Å². The molecule has 0 amide bonds. The summed E-state index contributed by atoms with van der Waals surface area (Å²) in [6.07, 6.45) is 2.56. The van der Waals surface area contributed by atoms with Crippen molar-refractivity contribution in [2.45, 2.75) is 13.0 Å². The molecule has 1 unspecified atom stereocenters. The Labute approximate surface area is 93.2 Å². The standard InChI is InChI=1S/C12H13FN2O/c1-8-7-9(13)3-4-10(8)11(16)12-14-5-6-15(12)2/h3-7,11,16H,1-2H3. The van der Waals surface area contributed by atoms with Gasteiger partial charge < -0.3 is 9.67 Å². The highest BCUT2D eigenvalue weighted by Gasteiger charge is 2.16. The summed E-state index contributed by atoms with van der Waals surface area (Å²) in [6.45, 7) is 1.77. The van der Waals surface area contributed by atoms with Gasteiger partial charge in [-0.3, -0.25) is 0 Å². The number of halogens is 1. The Hall–Kier alpha value is -1.68. The summed E-state index contributed by atoms with van der Waals surface area (Å²) in [5, 5.41) is 10.1. The molecule has 2 aromatic rings. The summed E-state index contributed by atoms with van der Waals surface area (Å²) >= 11 is 0. The molecule has 0 aliphatic heterocycles. The van der Waals surface area contributed by atoms with Crippen molar-refractivity contribution in [3.8, 4) is 0 Å². The minimum absolute atomic E-state index is 0.298. The zero-order chi connectivity index (χ0) is 11.7. The van der Waals surface area contributed by atoms with Gasteiger partial charge in [0.15, 0.2) is 0 Å². The van der Waals surface area contributed by atoms with Crippen LogP contribution >= 0.6 is 0 Å². The molecule has 4 heteroatoms. The van der Waals surface area contributed by atoms with Gasteiger partial charge >= 0.3 is 0 Å². The number of aryl methyl sites for hydroxylation is 2. The maximum atomic E-state index is 12.9. The van der Waals surface area contributed by atoms with E-state index >= 15 is 0 Å². The fourth-order valence-corrected chi connectivity index (χ4v) is 1.73. The molecule has 1 atom stereocenters. The van der Waals surface area contributed by atoms with E-state index < -0.39 is 6.10 Å². The van der Waals surface area contributed by atoms with Crippen LogP contribution in [0.1, 0.15) is 23.1 Å². The number of benzene rings is 1. The first kappa shape index (κ1) is 10.8. The lowest BCUT2D eigenvalue weighted by atomic mass is 10.0. The SMILES string of the molecule is Cc1cc(F)ccc1C(O)c1nccn1C. The quantitative estimate of drug-likeness (QED) is 0.840. The van der Waals surface area contributed by atoms with Crippen molar-refractivity contribution in [1.82, 2.24) is 9.55 Å². The van der Waals surface area contributed by atoms with Crippen molar-refractivity contribution < 1.29 is 9.50 Å². The van der Waals surface area contributed by atoms with E-state index in [1.807, 2.05) is 7.05 Å². The second-order valence-corrected chi connectivity index (χ2v) is 3.80. The highest BCUT2D eigenvalue weighted by atomic mass is 19.1. The molecule has 0 aliphatic rings. The second-order valence-electron chi connectivity index (χ2n) is 3.80. The Bertz CT molecular complexity index is 507. The summed E-state index contributed by atoms with van der Waals surface area (Å²) in [6, 6.07) is 4.33. The van der Waals surface area contributed by atoms with Gasteiger partial charge in [-0.25, -0.2) is 9.37 Å². The van der Waals surface area contributed by atoms with Crippen LogP contribution in [0.4, 0.5) is 4.39 Å². The first-order valence-corrected chi connectivity index (χ1v) is 5.01. The van der Waals surface area contributed by atoms with Gasteiger partial charge in [-0.2, -0.15) is 0 Å². The van der Waals surface area contributed by atoms with Crippen LogP contribution in [-0.4, -0.2) is 14.7 Å². The van der Waals surface area contributed by atoms with E-state index in [9.17, 15) is 9.50 Å². The Morgan fingerprint density at radius 2 is 2.19 bits per heavy atom. The van der Waals surface area contributed by atoms with E-state index in [0.29, 0.717) is 11.4 Å². The number of hydrogen-bond acceptors (Lipinski definition) is 2. The van der Waals surface area contributed by atoms with Crippen LogP contribution < -0.4 is 0 Å². The van der Waals surface area contributed by atoms with Crippen molar-refractivity contribution in [3.63, 3.8) is 0 Å². The normalized spacial score (nSPS) is 12.8. The van der Waals surface area contributed by atoms with Crippen LogP contribution in [0, 0.1) is 12.7 Å². The van der Waals surface area contributed by atoms with E-state index in [2.05, 4.69) is 4.98 Å². The monoisotopic (exact) mass is 220 g/mol. The zero-order valence-corrected chi connectivity index (χ0v) is 9.18. The Balaban J connectivity index is 2.41. The average molecular weight is 220 g/mol. The molecule has 0 aliphatic carbocycles. The summed E-state index contributed by atoms with van der Waals surface area (Å²) in [5.41, 5.74) is 1.39. The third-order valence-corrected chi connectivity index (χ3v) is 2.63. The van der Waals surface area contributed by atoms with Gasteiger partial charge in [0.1, 0.15) is 17.7 Å². The molecule has 1 aromatic heterocycles. The van der Waals surface area contributed by atoms with E-state index in [1.54, 1.807) is 30.0 Å². The smallest absolute Gasteiger partial charge is 0.142 e. The number of hydrogen-bond donors (Lipinski definition) is 1. The Morgan fingerprint density at radius 1 is 1.44 bits per heavy atom. The number of aromatic nitrogens is 2. The van der Waals surface area contributed by atoms with Gasteiger partial charge in [-0.1, -0.05) is 6.07 Å². The Morgan fingerprint density at radius 3 is 2.75 bits per heavy atom. The molecule has 2 rings (SSSR count). The highest BCUT2D eigenvalue weighted by molar-refractivity contribution is 5.31. The number of imidazole rings is 1. The van der Waals surface area contributed by atoms with E-state index in [4.69, 9.17) is 0 Å². The van der Waals surface area contributed by atoms with Crippen LogP contribution in [0.5, 0.6) is 0 Å². The molecule has 0 saturated heterocycles. The first-order chi connectivity index (χ1) is 7.59. The van der Waals surface area contributed by atoms with Crippen molar-refractivity contribution in [2.24, 2.45) is 7.05 Å². The molecular formula is C12H13FN2O. The largest absolute Gasteiger partial charge is 0.380 e. The lowest BCUT2D eigenvalue weighted by Gasteiger charge is -2.13. The summed E-state index contributed by atoms with van der Waals surface area (Å²) in [5.74, 6) is 0.253. The van der Waals surface area contributed by atoms with Gasteiger partial charge in [0.25, 0.3) is 0 Å². The van der Waals surface area contributed by atoms with Crippen molar-refractivity contribution in [3.05, 3.63) is 53.4 Å². The first-order valence-electron chi connectivity index (χ1n) is 5.01. The van der Waals surface area contributed by atoms with E-state index in [1.165, 1.54) is 12.1 Å². The fourth-order valence-electron chi connectivity index (χ4n) is 1.73. The lowest BCUT2D eigenvalue weighted by molar-refractivity contribution is 0.205. The molecule has 0 spiro atoms. The third-order valence-electron chi connectivity index (χ3n) is 2.63. The molecule has 0 radical (unpaired) electrons. The van der Waals surface area contributed by atoms with Gasteiger partial charge in [-0.05, 0) is 30.2 Å².